The van der Waals surface area contributed by atoms with Crippen LogP contribution in [0.2, 0.25) is 5.02 Å². The molecule has 1 fully saturated rings. The first-order valence-corrected chi connectivity index (χ1v) is 11.7. The van der Waals surface area contributed by atoms with E-state index in [1.54, 1.807) is 0 Å². The summed E-state index contributed by atoms with van der Waals surface area (Å²) in [6.07, 6.45) is 1.71. The second-order valence-corrected chi connectivity index (χ2v) is 9.57. The predicted octanol–water partition coefficient (Wildman–Crippen LogP) is 5.17. The minimum atomic E-state index is -0.679. The lowest BCUT2D eigenvalue weighted by molar-refractivity contribution is -0.126. The van der Waals surface area contributed by atoms with Gasteiger partial charge in [0, 0.05) is 24.5 Å². The number of carbonyl (C=O) groups excluding carboxylic acids is 1. The molecule has 1 aliphatic heterocycles. The van der Waals surface area contributed by atoms with Crippen LogP contribution in [-0.2, 0) is 4.79 Å². The van der Waals surface area contributed by atoms with Gasteiger partial charge >= 0.3 is 0 Å². The number of hydrogen-bond acceptors (Lipinski definition) is 3. The zero-order chi connectivity index (χ0) is 22.4. The van der Waals surface area contributed by atoms with Gasteiger partial charge in [-0.15, -0.1) is 0 Å². The Hall–Kier alpha value is -1.88. The number of likely N-dealkylation sites (tertiary alicyclic amines) is 1. The smallest absolute Gasteiger partial charge is 0.220 e. The molecule has 2 aromatic rings. The number of benzene rings is 2. The van der Waals surface area contributed by atoms with E-state index in [0.29, 0.717) is 12.3 Å². The summed E-state index contributed by atoms with van der Waals surface area (Å²) in [7, 11) is 0. The Balaban J connectivity index is 1.54. The number of amides is 1. The van der Waals surface area contributed by atoms with Gasteiger partial charge < -0.3 is 10.4 Å². The summed E-state index contributed by atoms with van der Waals surface area (Å²) in [6.45, 7) is 7.80. The number of nitrogens with zero attached hydrogens (tertiary/aromatic N) is 1. The maximum absolute atomic E-state index is 12.7. The highest BCUT2D eigenvalue weighted by molar-refractivity contribution is 6.30. The number of aliphatic hydroxyl groups is 1. The van der Waals surface area contributed by atoms with Crippen LogP contribution in [0.3, 0.4) is 0 Å². The van der Waals surface area contributed by atoms with Crippen LogP contribution >= 0.6 is 11.6 Å². The van der Waals surface area contributed by atoms with Crippen molar-refractivity contribution in [2.45, 2.75) is 64.1 Å². The molecule has 0 radical (unpaired) electrons. The lowest BCUT2D eigenvalue weighted by Crippen LogP contribution is -2.55. The molecule has 2 aromatic carbocycles. The summed E-state index contributed by atoms with van der Waals surface area (Å²) in [5.41, 5.74) is 2.46. The van der Waals surface area contributed by atoms with E-state index < -0.39 is 6.23 Å². The van der Waals surface area contributed by atoms with Crippen molar-refractivity contribution in [2.75, 3.05) is 13.1 Å². The molecule has 1 saturated heterocycles. The second-order valence-electron chi connectivity index (χ2n) is 9.13. The molecule has 5 heteroatoms. The van der Waals surface area contributed by atoms with Crippen molar-refractivity contribution in [1.29, 1.82) is 0 Å². The predicted molar refractivity (Wildman–Crippen MR) is 127 cm³/mol. The summed E-state index contributed by atoms with van der Waals surface area (Å²) in [5, 5.41) is 15.0. The first-order chi connectivity index (χ1) is 14.8. The quantitative estimate of drug-likeness (QED) is 0.592. The van der Waals surface area contributed by atoms with E-state index in [1.807, 2.05) is 30.3 Å². The van der Waals surface area contributed by atoms with Gasteiger partial charge in [-0.3, -0.25) is 9.69 Å². The number of piperidine rings is 1. The van der Waals surface area contributed by atoms with Gasteiger partial charge in [-0.1, -0.05) is 74.8 Å². The van der Waals surface area contributed by atoms with Gasteiger partial charge in [-0.25, -0.2) is 0 Å². The first-order valence-electron chi connectivity index (χ1n) is 11.4. The molecule has 31 heavy (non-hydrogen) atoms. The van der Waals surface area contributed by atoms with Crippen LogP contribution < -0.4 is 5.32 Å². The zero-order valence-electron chi connectivity index (χ0n) is 18.8. The van der Waals surface area contributed by atoms with Crippen molar-refractivity contribution in [1.82, 2.24) is 10.2 Å². The molecule has 1 amide bonds. The largest absolute Gasteiger partial charge is 0.376 e. The molecule has 0 aliphatic carbocycles. The van der Waals surface area contributed by atoms with Crippen molar-refractivity contribution in [2.24, 2.45) is 5.92 Å². The Labute approximate surface area is 191 Å². The molecule has 0 bridgehead atoms. The lowest BCUT2D eigenvalue weighted by Gasteiger charge is -2.40. The highest BCUT2D eigenvalue weighted by Crippen LogP contribution is 2.30. The third-order valence-electron chi connectivity index (χ3n) is 6.47. The molecule has 0 saturated carbocycles. The standard InChI is InChI=1S/C26H35ClN2O2/c1-18(2)25(28-24(30)17-19(3)20-7-5-4-6-8-20)26(31)29-15-13-22(14-16-29)21-9-11-23(27)12-10-21/h4-12,18-19,22,25-26,31H,13-17H2,1-3H3,(H,28,30)/t19-,25+,26+/m0/s1. The molecule has 1 heterocycles. The maximum atomic E-state index is 12.7. The minimum Gasteiger partial charge on any atom is -0.376 e. The fourth-order valence-corrected chi connectivity index (χ4v) is 4.59. The summed E-state index contributed by atoms with van der Waals surface area (Å²) in [4.78, 5) is 14.9. The molecule has 168 valence electrons. The van der Waals surface area contributed by atoms with Crippen molar-refractivity contribution in [3.8, 4) is 0 Å². The highest BCUT2D eigenvalue weighted by Gasteiger charge is 2.32. The van der Waals surface area contributed by atoms with Crippen molar-refractivity contribution < 1.29 is 9.90 Å². The van der Waals surface area contributed by atoms with Crippen LogP contribution in [0, 0.1) is 5.92 Å². The van der Waals surface area contributed by atoms with Gasteiger partial charge in [-0.2, -0.15) is 0 Å². The Morgan fingerprint density at radius 2 is 1.68 bits per heavy atom. The normalized spacial score (nSPS) is 18.5. The van der Waals surface area contributed by atoms with Gasteiger partial charge in [0.25, 0.3) is 0 Å². The van der Waals surface area contributed by atoms with E-state index in [0.717, 1.165) is 36.5 Å². The average molecular weight is 443 g/mol. The van der Waals surface area contributed by atoms with Crippen molar-refractivity contribution >= 4 is 17.5 Å². The van der Waals surface area contributed by atoms with Gasteiger partial charge in [0.15, 0.2) is 0 Å². The highest BCUT2D eigenvalue weighted by atomic mass is 35.5. The van der Waals surface area contributed by atoms with Crippen LogP contribution in [0.5, 0.6) is 0 Å². The summed E-state index contributed by atoms with van der Waals surface area (Å²) in [6, 6.07) is 17.9. The van der Waals surface area contributed by atoms with Crippen molar-refractivity contribution in [3.63, 3.8) is 0 Å². The average Bonchev–Trinajstić information content (AvgIpc) is 2.78. The molecule has 1 aliphatic rings. The fraction of sp³-hybridized carbons (Fsp3) is 0.500. The van der Waals surface area contributed by atoms with E-state index in [4.69, 9.17) is 11.6 Å². The Morgan fingerprint density at radius 1 is 1.06 bits per heavy atom. The van der Waals surface area contributed by atoms with E-state index in [2.05, 4.69) is 55.3 Å². The maximum Gasteiger partial charge on any atom is 0.220 e. The molecular weight excluding hydrogens is 408 g/mol. The van der Waals surface area contributed by atoms with Gasteiger partial charge in [0.2, 0.25) is 5.91 Å². The molecule has 3 rings (SSSR count). The number of aliphatic hydroxyl groups excluding tert-OH is 1. The molecular formula is C26H35ClN2O2. The molecule has 0 unspecified atom stereocenters. The summed E-state index contributed by atoms with van der Waals surface area (Å²) < 4.78 is 0. The van der Waals surface area contributed by atoms with Crippen LogP contribution in [-0.4, -0.2) is 41.3 Å². The summed E-state index contributed by atoms with van der Waals surface area (Å²) in [5.74, 6) is 0.755. The fourth-order valence-electron chi connectivity index (χ4n) is 4.47. The van der Waals surface area contributed by atoms with Gasteiger partial charge in [0.05, 0.1) is 6.04 Å². The third kappa shape index (κ3) is 6.55. The lowest BCUT2D eigenvalue weighted by atomic mass is 9.88. The minimum absolute atomic E-state index is 0.00912. The van der Waals surface area contributed by atoms with Crippen LogP contribution in [0.15, 0.2) is 54.6 Å². The Kier molecular flexibility index (Phi) is 8.53. The molecule has 3 atom stereocenters. The topological polar surface area (TPSA) is 52.6 Å². The van der Waals surface area contributed by atoms with E-state index in [1.165, 1.54) is 5.56 Å². The monoisotopic (exact) mass is 442 g/mol. The third-order valence-corrected chi connectivity index (χ3v) is 6.72. The van der Waals surface area contributed by atoms with E-state index in [-0.39, 0.29) is 23.8 Å². The van der Waals surface area contributed by atoms with Gasteiger partial charge in [-0.05, 0) is 53.9 Å². The van der Waals surface area contributed by atoms with Crippen LogP contribution in [0.25, 0.3) is 0 Å². The SMILES string of the molecule is CC(C)[C@@H](NC(=O)C[C@H](C)c1ccccc1)[C@@H](O)N1CCC(c2ccc(Cl)cc2)CC1. The number of halogens is 1. The number of nitrogens with one attached hydrogen (secondary N) is 1. The number of hydrogen-bond donors (Lipinski definition) is 2. The Bertz CT molecular complexity index is 817. The van der Waals surface area contributed by atoms with Crippen LogP contribution in [0.1, 0.15) is 63.0 Å². The van der Waals surface area contributed by atoms with Crippen molar-refractivity contribution in [3.05, 3.63) is 70.7 Å². The number of rotatable bonds is 8. The summed E-state index contributed by atoms with van der Waals surface area (Å²) >= 11 is 6.01. The zero-order valence-corrected chi connectivity index (χ0v) is 19.6. The molecule has 0 aromatic heterocycles. The Morgan fingerprint density at radius 3 is 2.26 bits per heavy atom. The first kappa shape index (κ1) is 23.8. The van der Waals surface area contributed by atoms with E-state index in [9.17, 15) is 9.90 Å². The molecule has 4 nitrogen and oxygen atoms in total. The van der Waals surface area contributed by atoms with Gasteiger partial charge in [0.1, 0.15) is 6.23 Å². The molecule has 2 N–H and O–H groups in total. The van der Waals surface area contributed by atoms with E-state index >= 15 is 0 Å². The molecule has 0 spiro atoms. The second kappa shape index (κ2) is 11.1. The number of carbonyl (C=O) groups is 1. The van der Waals surface area contributed by atoms with Crippen LogP contribution in [0.4, 0.5) is 0 Å².